The van der Waals surface area contributed by atoms with E-state index in [0.717, 1.165) is 19.5 Å². The first-order valence-corrected chi connectivity index (χ1v) is 10.1. The van der Waals surface area contributed by atoms with E-state index in [1.54, 1.807) is 6.07 Å². The number of nitrogens with zero attached hydrogens (tertiary/aromatic N) is 2. The van der Waals surface area contributed by atoms with Gasteiger partial charge >= 0.3 is 0 Å². The van der Waals surface area contributed by atoms with Crippen LogP contribution in [0.25, 0.3) is 0 Å². The Morgan fingerprint density at radius 1 is 1.15 bits per heavy atom. The number of hydrogen-bond acceptors (Lipinski definition) is 5. The number of para-hydroxylation sites is 1. The molecule has 26 heavy (non-hydrogen) atoms. The molecule has 0 unspecified atom stereocenters. The van der Waals surface area contributed by atoms with Crippen LogP contribution in [0.4, 0.5) is 11.4 Å². The molecular weight excluding hydrogens is 354 g/mol. The lowest BCUT2D eigenvalue weighted by Gasteiger charge is -2.19. The van der Waals surface area contributed by atoms with E-state index in [1.807, 2.05) is 12.1 Å². The van der Waals surface area contributed by atoms with Gasteiger partial charge in [0.1, 0.15) is 0 Å². The van der Waals surface area contributed by atoms with Gasteiger partial charge in [0.15, 0.2) is 0 Å². The summed E-state index contributed by atoms with van der Waals surface area (Å²) >= 11 is 0. The van der Waals surface area contributed by atoms with Crippen LogP contribution in [-0.2, 0) is 22.2 Å². The van der Waals surface area contributed by atoms with Crippen LogP contribution in [0, 0.1) is 10.1 Å². The highest BCUT2D eigenvalue weighted by molar-refractivity contribution is 7.88. The van der Waals surface area contributed by atoms with Crippen LogP contribution in [0.1, 0.15) is 17.5 Å². The molecule has 0 aromatic heterocycles. The number of rotatable bonds is 8. The van der Waals surface area contributed by atoms with Crippen LogP contribution in [0.15, 0.2) is 48.5 Å². The van der Waals surface area contributed by atoms with E-state index in [-0.39, 0.29) is 11.4 Å². The second kappa shape index (κ2) is 7.84. The van der Waals surface area contributed by atoms with Gasteiger partial charge in [-0.05, 0) is 30.0 Å². The Morgan fingerprint density at radius 2 is 1.96 bits per heavy atom. The number of nitro benzene ring substituents is 1. The highest BCUT2D eigenvalue weighted by atomic mass is 32.2. The Bertz CT molecular complexity index is 899. The van der Waals surface area contributed by atoms with E-state index in [4.69, 9.17) is 0 Å². The monoisotopic (exact) mass is 375 g/mol. The summed E-state index contributed by atoms with van der Waals surface area (Å²) in [6.45, 7) is 2.09. The summed E-state index contributed by atoms with van der Waals surface area (Å²) in [5.41, 5.74) is 2.86. The van der Waals surface area contributed by atoms with Crippen molar-refractivity contribution in [3.8, 4) is 0 Å². The molecule has 0 saturated carbocycles. The van der Waals surface area contributed by atoms with Crippen LogP contribution < -0.4 is 9.62 Å². The fourth-order valence-corrected chi connectivity index (χ4v) is 4.34. The molecule has 0 bridgehead atoms. The summed E-state index contributed by atoms with van der Waals surface area (Å²) in [6, 6.07) is 14.0. The van der Waals surface area contributed by atoms with Gasteiger partial charge in [0.25, 0.3) is 5.69 Å². The van der Waals surface area contributed by atoms with Crippen molar-refractivity contribution < 1.29 is 13.3 Å². The highest BCUT2D eigenvalue weighted by Gasteiger charge is 2.18. The summed E-state index contributed by atoms with van der Waals surface area (Å²) in [5.74, 6) is -0.263. The molecule has 1 aliphatic rings. The van der Waals surface area contributed by atoms with E-state index < -0.39 is 14.9 Å². The maximum absolute atomic E-state index is 12.2. The molecule has 1 aliphatic heterocycles. The molecule has 0 amide bonds. The lowest BCUT2D eigenvalue weighted by molar-refractivity contribution is -0.384. The predicted molar refractivity (Wildman–Crippen MR) is 101 cm³/mol. The minimum atomic E-state index is -3.52. The van der Waals surface area contributed by atoms with Gasteiger partial charge in [-0.2, -0.15) is 0 Å². The van der Waals surface area contributed by atoms with Crippen molar-refractivity contribution in [2.24, 2.45) is 0 Å². The first kappa shape index (κ1) is 18.3. The Balaban J connectivity index is 1.48. The zero-order valence-corrected chi connectivity index (χ0v) is 15.1. The van der Waals surface area contributed by atoms with Crippen LogP contribution in [0.3, 0.4) is 0 Å². The van der Waals surface area contributed by atoms with Crippen LogP contribution >= 0.6 is 0 Å². The fourth-order valence-electron chi connectivity index (χ4n) is 3.17. The van der Waals surface area contributed by atoms with Crippen molar-refractivity contribution in [2.45, 2.75) is 18.6 Å². The van der Waals surface area contributed by atoms with Gasteiger partial charge in [-0.25, -0.2) is 13.1 Å². The van der Waals surface area contributed by atoms with Gasteiger partial charge in [-0.3, -0.25) is 10.1 Å². The summed E-state index contributed by atoms with van der Waals surface area (Å²) in [7, 11) is -3.52. The molecule has 8 heteroatoms. The molecule has 3 rings (SSSR count). The number of sulfonamides is 1. The zero-order chi connectivity index (χ0) is 18.6. The van der Waals surface area contributed by atoms with Crippen molar-refractivity contribution in [3.05, 3.63) is 69.8 Å². The average molecular weight is 375 g/mol. The Hall–Kier alpha value is -2.45. The van der Waals surface area contributed by atoms with Crippen LogP contribution in [0.5, 0.6) is 0 Å². The van der Waals surface area contributed by atoms with E-state index in [1.165, 1.54) is 29.4 Å². The molecule has 1 heterocycles. The second-order valence-electron chi connectivity index (χ2n) is 6.30. The number of benzene rings is 2. The molecule has 0 aliphatic carbocycles. The van der Waals surface area contributed by atoms with Crippen molar-refractivity contribution in [3.63, 3.8) is 0 Å². The third-order valence-corrected chi connectivity index (χ3v) is 5.75. The molecule has 0 radical (unpaired) electrons. The smallest absolute Gasteiger partial charge is 0.269 e. The number of nitro groups is 1. The van der Waals surface area contributed by atoms with Gasteiger partial charge in [-0.1, -0.05) is 30.3 Å². The number of hydrogen-bond donors (Lipinski definition) is 1. The lowest BCUT2D eigenvalue weighted by Crippen LogP contribution is -2.30. The third kappa shape index (κ3) is 4.59. The van der Waals surface area contributed by atoms with E-state index in [0.29, 0.717) is 18.5 Å². The minimum absolute atomic E-state index is 0.106. The lowest BCUT2D eigenvalue weighted by atomic mass is 10.2. The number of anilines is 1. The summed E-state index contributed by atoms with van der Waals surface area (Å²) in [5, 5.41) is 10.8. The maximum atomic E-state index is 12.2. The fraction of sp³-hybridized carbons (Fsp3) is 0.333. The standard InChI is InChI=1S/C18H21N3O4S/c22-21(23)17-7-3-5-15(13-17)14-26(24,25)19-10-4-11-20-12-9-16-6-1-2-8-18(16)20/h1-3,5-8,13,19H,4,9-12,14H2. The first-order valence-electron chi connectivity index (χ1n) is 8.48. The SMILES string of the molecule is O=[N+]([O-])c1cccc(CS(=O)(=O)NCCCN2CCc3ccccc32)c1. The molecule has 0 saturated heterocycles. The van der Waals surface area contributed by atoms with Crippen molar-refractivity contribution in [2.75, 3.05) is 24.5 Å². The van der Waals surface area contributed by atoms with Crippen molar-refractivity contribution in [1.82, 2.24) is 4.72 Å². The topological polar surface area (TPSA) is 92.5 Å². The highest BCUT2D eigenvalue weighted by Crippen LogP contribution is 2.27. The molecule has 0 fully saturated rings. The average Bonchev–Trinajstić information content (AvgIpc) is 3.02. The van der Waals surface area contributed by atoms with Crippen molar-refractivity contribution >= 4 is 21.4 Å². The molecule has 0 atom stereocenters. The molecule has 7 nitrogen and oxygen atoms in total. The second-order valence-corrected chi connectivity index (χ2v) is 8.11. The normalized spacial score (nSPS) is 13.6. The first-order chi connectivity index (χ1) is 12.4. The van der Waals surface area contributed by atoms with Gasteiger partial charge < -0.3 is 4.90 Å². The quantitative estimate of drug-likeness (QED) is 0.435. The Morgan fingerprint density at radius 3 is 2.77 bits per heavy atom. The van der Waals surface area contributed by atoms with Gasteiger partial charge in [0.2, 0.25) is 10.0 Å². The summed E-state index contributed by atoms with van der Waals surface area (Å²) in [6.07, 6.45) is 1.72. The van der Waals surface area contributed by atoms with E-state index in [2.05, 4.69) is 21.8 Å². The number of fused-ring (bicyclic) bond motifs is 1. The van der Waals surface area contributed by atoms with E-state index >= 15 is 0 Å². The van der Waals surface area contributed by atoms with Gasteiger partial charge in [0, 0.05) is 37.5 Å². The maximum Gasteiger partial charge on any atom is 0.269 e. The molecule has 1 N–H and O–H groups in total. The van der Waals surface area contributed by atoms with E-state index in [9.17, 15) is 18.5 Å². The molecule has 0 spiro atoms. The summed E-state index contributed by atoms with van der Waals surface area (Å²) in [4.78, 5) is 12.5. The largest absolute Gasteiger partial charge is 0.371 e. The molecule has 2 aromatic rings. The summed E-state index contributed by atoms with van der Waals surface area (Å²) < 4.78 is 26.9. The number of nitrogens with one attached hydrogen (secondary N) is 1. The minimum Gasteiger partial charge on any atom is -0.371 e. The van der Waals surface area contributed by atoms with Crippen LogP contribution in [0.2, 0.25) is 0 Å². The zero-order valence-electron chi connectivity index (χ0n) is 14.3. The van der Waals surface area contributed by atoms with Gasteiger partial charge in [-0.15, -0.1) is 0 Å². The molecule has 138 valence electrons. The third-order valence-electron chi connectivity index (χ3n) is 4.39. The Labute approximate surface area is 152 Å². The predicted octanol–water partition coefficient (Wildman–Crippen LogP) is 2.47. The molecule has 2 aromatic carbocycles. The molecular formula is C18H21N3O4S. The number of non-ortho nitro benzene ring substituents is 1. The van der Waals surface area contributed by atoms with Gasteiger partial charge in [0.05, 0.1) is 10.7 Å². The van der Waals surface area contributed by atoms with Crippen LogP contribution in [-0.4, -0.2) is 33.0 Å². The van der Waals surface area contributed by atoms with Crippen molar-refractivity contribution in [1.29, 1.82) is 0 Å². The Kier molecular flexibility index (Phi) is 5.53.